The van der Waals surface area contributed by atoms with Crippen LogP contribution in [-0.2, 0) is 0 Å². The molecule has 1 fully saturated rings. The maximum Gasteiger partial charge on any atom is 0.146 e. The second-order valence-corrected chi connectivity index (χ2v) is 4.98. The first-order valence-electron chi connectivity index (χ1n) is 7.39. The van der Waals surface area contributed by atoms with Crippen LogP contribution in [0.15, 0.2) is 59.0 Å². The summed E-state index contributed by atoms with van der Waals surface area (Å²) in [5.74, 6) is 1.47. The predicted octanol–water partition coefficient (Wildman–Crippen LogP) is 3.29. The fraction of sp³-hybridized carbons (Fsp3) is 0.250. The number of rotatable bonds is 4. The molecule has 0 bridgehead atoms. The molecule has 0 unspecified atom stereocenters. The molecule has 0 aromatic carbocycles. The van der Waals surface area contributed by atoms with E-state index in [-0.39, 0.29) is 0 Å². The number of nitrogens with zero attached hydrogens (tertiary/aromatic N) is 4. The van der Waals surface area contributed by atoms with Gasteiger partial charge in [0.05, 0.1) is 11.4 Å². The summed E-state index contributed by atoms with van der Waals surface area (Å²) in [6, 6.07) is 11.4. The first-order chi connectivity index (χ1) is 10.9. The third-order valence-electron chi connectivity index (χ3n) is 3.35. The predicted molar refractivity (Wildman–Crippen MR) is 89.1 cm³/mol. The van der Waals surface area contributed by atoms with Gasteiger partial charge in [-0.2, -0.15) is 10.2 Å². The maximum atomic E-state index is 4.46. The van der Waals surface area contributed by atoms with Crippen molar-refractivity contribution >= 4 is 23.1 Å². The van der Waals surface area contributed by atoms with E-state index in [2.05, 4.69) is 31.0 Å². The molecule has 2 aromatic rings. The quantitative estimate of drug-likeness (QED) is 0.849. The molecule has 2 N–H and O–H groups in total. The minimum absolute atomic E-state index is 0.734. The van der Waals surface area contributed by atoms with Gasteiger partial charge in [0.1, 0.15) is 11.6 Å². The zero-order valence-corrected chi connectivity index (χ0v) is 12.2. The number of hydrogen-bond donors (Lipinski definition) is 2. The van der Waals surface area contributed by atoms with Gasteiger partial charge in [-0.05, 0) is 49.9 Å². The van der Waals surface area contributed by atoms with Crippen molar-refractivity contribution in [1.29, 1.82) is 0 Å². The fourth-order valence-corrected chi connectivity index (χ4v) is 2.22. The summed E-state index contributed by atoms with van der Waals surface area (Å²) >= 11 is 0. The molecule has 6 nitrogen and oxygen atoms in total. The van der Waals surface area contributed by atoms with Gasteiger partial charge < -0.3 is 0 Å². The van der Waals surface area contributed by atoms with Crippen LogP contribution in [0.1, 0.15) is 25.7 Å². The molecule has 2 aromatic heterocycles. The Kier molecular flexibility index (Phi) is 4.71. The first-order valence-corrected chi connectivity index (χ1v) is 7.39. The summed E-state index contributed by atoms with van der Waals surface area (Å²) in [5.41, 5.74) is 7.94. The van der Waals surface area contributed by atoms with Crippen LogP contribution < -0.4 is 10.9 Å². The fourth-order valence-electron chi connectivity index (χ4n) is 2.22. The van der Waals surface area contributed by atoms with Gasteiger partial charge in [0.2, 0.25) is 0 Å². The van der Waals surface area contributed by atoms with E-state index in [4.69, 9.17) is 0 Å². The lowest BCUT2D eigenvalue weighted by Crippen LogP contribution is -2.22. The van der Waals surface area contributed by atoms with Crippen LogP contribution in [0.5, 0.6) is 0 Å². The summed E-state index contributed by atoms with van der Waals surface area (Å²) in [6.07, 6.45) is 7.57. The highest BCUT2D eigenvalue weighted by Gasteiger charge is 2.15. The Balaban J connectivity index is 1.70. The molecule has 3 rings (SSSR count). The van der Waals surface area contributed by atoms with E-state index in [9.17, 15) is 0 Å². The number of anilines is 2. The Bertz CT molecular complexity index is 591. The minimum Gasteiger partial charge on any atom is -0.261 e. The third kappa shape index (κ3) is 3.88. The molecule has 0 amide bonds. The van der Waals surface area contributed by atoms with Crippen LogP contribution in [0.3, 0.4) is 0 Å². The van der Waals surface area contributed by atoms with E-state index >= 15 is 0 Å². The summed E-state index contributed by atoms with van der Waals surface area (Å²) in [6.45, 7) is 0. The van der Waals surface area contributed by atoms with E-state index in [1.807, 2.05) is 36.4 Å². The molecule has 0 aliphatic heterocycles. The Hall–Kier alpha value is -2.76. The minimum atomic E-state index is 0.734. The van der Waals surface area contributed by atoms with Crippen LogP contribution in [0.25, 0.3) is 0 Å². The molecule has 0 spiro atoms. The van der Waals surface area contributed by atoms with Crippen LogP contribution in [-0.4, -0.2) is 21.4 Å². The lowest BCUT2D eigenvalue weighted by atomic mass is 9.96. The molecular formula is C16H18N6. The zero-order chi connectivity index (χ0) is 15.0. The van der Waals surface area contributed by atoms with E-state index < -0.39 is 0 Å². The number of nitrogens with one attached hydrogen (secondary N) is 2. The SMILES string of the molecule is c1ccc(N/N=C2/CCCC/C2=N\Nc2ccccn2)nc1. The molecule has 2 heterocycles. The Morgan fingerprint density at radius 1 is 0.727 bits per heavy atom. The Labute approximate surface area is 129 Å². The van der Waals surface area contributed by atoms with E-state index in [0.717, 1.165) is 48.7 Å². The molecule has 0 saturated heterocycles. The first kappa shape index (κ1) is 14.2. The van der Waals surface area contributed by atoms with Crippen molar-refractivity contribution in [3.63, 3.8) is 0 Å². The lowest BCUT2D eigenvalue weighted by Gasteiger charge is -2.15. The topological polar surface area (TPSA) is 74.6 Å². The van der Waals surface area contributed by atoms with Crippen molar-refractivity contribution in [2.24, 2.45) is 10.2 Å². The molecule has 22 heavy (non-hydrogen) atoms. The molecule has 0 radical (unpaired) electrons. The highest BCUT2D eigenvalue weighted by molar-refractivity contribution is 6.43. The second kappa shape index (κ2) is 7.31. The Morgan fingerprint density at radius 2 is 1.23 bits per heavy atom. The molecule has 6 heteroatoms. The van der Waals surface area contributed by atoms with E-state index in [1.165, 1.54) is 0 Å². The summed E-state index contributed by atoms with van der Waals surface area (Å²) in [7, 11) is 0. The summed E-state index contributed by atoms with van der Waals surface area (Å²) < 4.78 is 0. The van der Waals surface area contributed by atoms with E-state index in [1.54, 1.807) is 12.4 Å². The van der Waals surface area contributed by atoms with Gasteiger partial charge in [-0.15, -0.1) is 0 Å². The normalized spacial score (nSPS) is 18.4. The molecule has 1 saturated carbocycles. The average molecular weight is 294 g/mol. The van der Waals surface area contributed by atoms with E-state index in [0.29, 0.717) is 0 Å². The van der Waals surface area contributed by atoms with Crippen LogP contribution in [0.4, 0.5) is 11.6 Å². The van der Waals surface area contributed by atoms with Gasteiger partial charge in [0.15, 0.2) is 0 Å². The highest BCUT2D eigenvalue weighted by Crippen LogP contribution is 2.14. The van der Waals surface area contributed by atoms with Crippen LogP contribution >= 0.6 is 0 Å². The highest BCUT2D eigenvalue weighted by atomic mass is 15.3. The summed E-state index contributed by atoms with van der Waals surface area (Å²) in [4.78, 5) is 8.40. The lowest BCUT2D eigenvalue weighted by molar-refractivity contribution is 0.774. The molecule has 1 aliphatic rings. The number of aromatic nitrogens is 2. The van der Waals surface area contributed by atoms with Crippen LogP contribution in [0, 0.1) is 0 Å². The number of hydrazone groups is 2. The van der Waals surface area contributed by atoms with Gasteiger partial charge in [-0.3, -0.25) is 10.9 Å². The number of pyridine rings is 2. The smallest absolute Gasteiger partial charge is 0.146 e. The van der Waals surface area contributed by atoms with Gasteiger partial charge in [0, 0.05) is 12.4 Å². The molecule has 112 valence electrons. The standard InChI is InChI=1S/C16H18N6/c1-2-8-14(20-22-16-10-4-6-12-18-16)13(7-1)19-21-15-9-3-5-11-17-15/h3-6,9-12H,1-2,7-8H2,(H,17,21)(H,18,22)/b19-13-,20-14+. The largest absolute Gasteiger partial charge is 0.261 e. The molecular weight excluding hydrogens is 276 g/mol. The van der Waals surface area contributed by atoms with Crippen molar-refractivity contribution in [3.8, 4) is 0 Å². The van der Waals surface area contributed by atoms with Gasteiger partial charge >= 0.3 is 0 Å². The van der Waals surface area contributed by atoms with Gasteiger partial charge in [-0.1, -0.05) is 12.1 Å². The molecule has 0 atom stereocenters. The van der Waals surface area contributed by atoms with Crippen molar-refractivity contribution in [1.82, 2.24) is 9.97 Å². The van der Waals surface area contributed by atoms with Crippen molar-refractivity contribution < 1.29 is 0 Å². The van der Waals surface area contributed by atoms with Gasteiger partial charge in [0.25, 0.3) is 0 Å². The van der Waals surface area contributed by atoms with Crippen molar-refractivity contribution in [3.05, 3.63) is 48.8 Å². The average Bonchev–Trinajstić information content (AvgIpc) is 2.61. The zero-order valence-electron chi connectivity index (χ0n) is 12.2. The maximum absolute atomic E-state index is 4.46. The van der Waals surface area contributed by atoms with Crippen molar-refractivity contribution in [2.45, 2.75) is 25.7 Å². The van der Waals surface area contributed by atoms with Crippen molar-refractivity contribution in [2.75, 3.05) is 10.9 Å². The number of hydrogen-bond acceptors (Lipinski definition) is 6. The molecule has 1 aliphatic carbocycles. The summed E-state index contributed by atoms with van der Waals surface area (Å²) in [5, 5.41) is 8.92. The van der Waals surface area contributed by atoms with Crippen LogP contribution in [0.2, 0.25) is 0 Å². The van der Waals surface area contributed by atoms with Gasteiger partial charge in [-0.25, -0.2) is 9.97 Å². The monoisotopic (exact) mass is 294 g/mol. The second-order valence-electron chi connectivity index (χ2n) is 4.98. The Morgan fingerprint density at radius 3 is 1.64 bits per heavy atom. The third-order valence-corrected chi connectivity index (χ3v) is 3.35.